The third-order valence-corrected chi connectivity index (χ3v) is 4.33. The Hall–Kier alpha value is -2.68. The first-order valence-electron chi connectivity index (χ1n) is 8.30. The molecule has 0 saturated carbocycles. The fourth-order valence-electron chi connectivity index (χ4n) is 2.04. The molecule has 1 unspecified atom stereocenters. The van der Waals surface area contributed by atoms with Crippen LogP contribution in [0.15, 0.2) is 35.5 Å². The minimum absolute atomic E-state index is 0.279. The zero-order valence-electron chi connectivity index (χ0n) is 14.9. The zero-order chi connectivity index (χ0) is 18.9. The Morgan fingerprint density at radius 1 is 1.00 bits per heavy atom. The average Bonchev–Trinajstić information content (AvgIpc) is 2.60. The molecule has 0 spiro atoms. The number of amides is 1. The minimum atomic E-state index is -0.957. The standard InChI is InChI=1S/C17H22N6O2S/c1-4-18-15-21-16(19-5-2)23-17(22-15)26-13(11(3)24)14(25)20-12-9-7-6-8-10-12/h6-10,13H,4-5H2,1-3H3,(H,20,25)(H2,18,19,21,22,23). The topological polar surface area (TPSA) is 109 Å². The second kappa shape index (κ2) is 9.71. The van der Waals surface area contributed by atoms with Crippen molar-refractivity contribution in [2.24, 2.45) is 0 Å². The number of hydrogen-bond acceptors (Lipinski definition) is 8. The number of para-hydroxylation sites is 1. The van der Waals surface area contributed by atoms with Gasteiger partial charge in [0.15, 0.2) is 10.9 Å². The van der Waals surface area contributed by atoms with Crippen LogP contribution in [0.4, 0.5) is 17.6 Å². The third kappa shape index (κ3) is 5.69. The van der Waals surface area contributed by atoms with Gasteiger partial charge in [-0.05, 0) is 32.9 Å². The highest BCUT2D eigenvalue weighted by atomic mass is 32.2. The first kappa shape index (κ1) is 19.6. The van der Waals surface area contributed by atoms with E-state index in [2.05, 4.69) is 30.9 Å². The van der Waals surface area contributed by atoms with Crippen LogP contribution in [0.5, 0.6) is 0 Å². The van der Waals surface area contributed by atoms with E-state index in [4.69, 9.17) is 0 Å². The van der Waals surface area contributed by atoms with Gasteiger partial charge in [-0.2, -0.15) is 15.0 Å². The van der Waals surface area contributed by atoms with Gasteiger partial charge >= 0.3 is 0 Å². The Kier molecular flexibility index (Phi) is 7.34. The molecule has 0 fully saturated rings. The van der Waals surface area contributed by atoms with Gasteiger partial charge in [0, 0.05) is 18.8 Å². The van der Waals surface area contributed by atoms with Crippen LogP contribution in [0.2, 0.25) is 0 Å². The predicted octanol–water partition coefficient (Wildman–Crippen LogP) is 2.42. The molecule has 1 amide bonds. The lowest BCUT2D eigenvalue weighted by molar-refractivity contribution is -0.123. The van der Waals surface area contributed by atoms with E-state index in [1.165, 1.54) is 6.92 Å². The molecule has 2 rings (SSSR count). The Morgan fingerprint density at radius 3 is 2.08 bits per heavy atom. The Labute approximate surface area is 156 Å². The molecule has 9 heteroatoms. The van der Waals surface area contributed by atoms with Crippen LogP contribution in [-0.2, 0) is 9.59 Å². The molecule has 26 heavy (non-hydrogen) atoms. The molecule has 138 valence electrons. The van der Waals surface area contributed by atoms with Crippen LogP contribution in [0.1, 0.15) is 20.8 Å². The van der Waals surface area contributed by atoms with Crippen molar-refractivity contribution in [2.75, 3.05) is 29.0 Å². The van der Waals surface area contributed by atoms with Crippen molar-refractivity contribution in [1.29, 1.82) is 0 Å². The van der Waals surface area contributed by atoms with Crippen LogP contribution in [0, 0.1) is 0 Å². The number of ketones is 1. The van der Waals surface area contributed by atoms with Crippen molar-refractivity contribution in [1.82, 2.24) is 15.0 Å². The van der Waals surface area contributed by atoms with Gasteiger partial charge < -0.3 is 16.0 Å². The molecule has 0 bridgehead atoms. The highest BCUT2D eigenvalue weighted by Crippen LogP contribution is 2.24. The number of nitrogens with one attached hydrogen (secondary N) is 3. The van der Waals surface area contributed by atoms with Crippen molar-refractivity contribution in [3.63, 3.8) is 0 Å². The molecular weight excluding hydrogens is 352 g/mol. The largest absolute Gasteiger partial charge is 0.354 e. The number of carbonyl (C=O) groups excluding carboxylic acids is 2. The van der Waals surface area contributed by atoms with Gasteiger partial charge in [-0.1, -0.05) is 30.0 Å². The van der Waals surface area contributed by atoms with Gasteiger partial charge in [0.25, 0.3) is 0 Å². The van der Waals surface area contributed by atoms with Crippen LogP contribution >= 0.6 is 11.8 Å². The van der Waals surface area contributed by atoms with Crippen LogP contribution < -0.4 is 16.0 Å². The van der Waals surface area contributed by atoms with Crippen LogP contribution in [0.3, 0.4) is 0 Å². The zero-order valence-corrected chi connectivity index (χ0v) is 15.8. The summed E-state index contributed by atoms with van der Waals surface area (Å²) in [7, 11) is 0. The molecular formula is C17H22N6O2S. The van der Waals surface area contributed by atoms with E-state index in [0.717, 1.165) is 11.8 Å². The highest BCUT2D eigenvalue weighted by Gasteiger charge is 2.26. The van der Waals surface area contributed by atoms with Gasteiger partial charge in [0.05, 0.1) is 0 Å². The summed E-state index contributed by atoms with van der Waals surface area (Å²) in [4.78, 5) is 37.3. The number of anilines is 3. The number of carbonyl (C=O) groups is 2. The van der Waals surface area contributed by atoms with E-state index >= 15 is 0 Å². The van der Waals surface area contributed by atoms with Gasteiger partial charge in [0.1, 0.15) is 5.25 Å². The summed E-state index contributed by atoms with van der Waals surface area (Å²) < 4.78 is 0. The summed E-state index contributed by atoms with van der Waals surface area (Å²) in [5, 5.41) is 8.12. The summed E-state index contributed by atoms with van der Waals surface area (Å²) in [6.45, 7) is 6.51. The van der Waals surface area contributed by atoms with Gasteiger partial charge in [-0.3, -0.25) is 9.59 Å². The molecule has 1 atom stereocenters. The van der Waals surface area contributed by atoms with E-state index in [0.29, 0.717) is 35.8 Å². The number of thioether (sulfide) groups is 1. The minimum Gasteiger partial charge on any atom is -0.354 e. The molecule has 2 aromatic rings. The second-order valence-electron chi connectivity index (χ2n) is 5.29. The quantitative estimate of drug-likeness (QED) is 0.453. The maximum absolute atomic E-state index is 12.5. The lowest BCUT2D eigenvalue weighted by Crippen LogP contribution is -2.31. The molecule has 3 N–H and O–H groups in total. The molecule has 1 heterocycles. The van der Waals surface area contributed by atoms with Crippen LogP contribution in [0.25, 0.3) is 0 Å². The number of nitrogens with zero attached hydrogens (tertiary/aromatic N) is 3. The first-order valence-corrected chi connectivity index (χ1v) is 9.18. The fraction of sp³-hybridized carbons (Fsp3) is 0.353. The molecule has 0 aliphatic heterocycles. The summed E-state index contributed by atoms with van der Waals surface area (Å²) in [5.74, 6) is 0.0985. The van der Waals surface area contributed by atoms with E-state index in [1.807, 2.05) is 32.0 Å². The van der Waals surface area contributed by atoms with Gasteiger partial charge in [0.2, 0.25) is 17.8 Å². The Morgan fingerprint density at radius 2 is 1.58 bits per heavy atom. The first-order chi connectivity index (χ1) is 12.5. The smallest absolute Gasteiger partial charge is 0.245 e. The van der Waals surface area contributed by atoms with E-state index in [-0.39, 0.29) is 5.78 Å². The van der Waals surface area contributed by atoms with Crippen molar-refractivity contribution in [3.8, 4) is 0 Å². The Bertz CT molecular complexity index is 732. The van der Waals surface area contributed by atoms with Crippen molar-refractivity contribution < 1.29 is 9.59 Å². The number of aromatic nitrogens is 3. The Balaban J connectivity index is 2.20. The van der Waals surface area contributed by atoms with Crippen molar-refractivity contribution in [3.05, 3.63) is 30.3 Å². The summed E-state index contributed by atoms with van der Waals surface area (Å²) in [6.07, 6.45) is 0. The molecule has 0 aliphatic carbocycles. The number of benzene rings is 1. The van der Waals surface area contributed by atoms with E-state index < -0.39 is 11.2 Å². The van der Waals surface area contributed by atoms with Crippen molar-refractivity contribution in [2.45, 2.75) is 31.2 Å². The molecule has 1 aromatic heterocycles. The lowest BCUT2D eigenvalue weighted by Gasteiger charge is -2.14. The summed E-state index contributed by atoms with van der Waals surface area (Å²) in [5.41, 5.74) is 0.627. The average molecular weight is 374 g/mol. The lowest BCUT2D eigenvalue weighted by atomic mass is 10.2. The predicted molar refractivity (Wildman–Crippen MR) is 104 cm³/mol. The number of Topliss-reactive ketones (excluding diaryl/α,β-unsaturated/α-hetero) is 1. The third-order valence-electron chi connectivity index (χ3n) is 3.16. The normalized spacial score (nSPS) is 11.5. The summed E-state index contributed by atoms with van der Waals surface area (Å²) >= 11 is 1.00. The SMILES string of the molecule is CCNc1nc(NCC)nc(SC(C(C)=O)C(=O)Nc2ccccc2)n1. The molecule has 0 saturated heterocycles. The summed E-state index contributed by atoms with van der Waals surface area (Å²) in [6, 6.07) is 8.98. The molecule has 8 nitrogen and oxygen atoms in total. The van der Waals surface area contributed by atoms with Crippen molar-refractivity contribution >= 4 is 41.0 Å². The molecule has 1 aromatic carbocycles. The maximum Gasteiger partial charge on any atom is 0.245 e. The highest BCUT2D eigenvalue weighted by molar-refractivity contribution is 8.01. The van der Waals surface area contributed by atoms with Crippen LogP contribution in [-0.4, -0.2) is 45.0 Å². The molecule has 0 radical (unpaired) electrons. The second-order valence-corrected chi connectivity index (χ2v) is 6.36. The fourth-order valence-corrected chi connectivity index (χ4v) is 2.86. The van der Waals surface area contributed by atoms with E-state index in [9.17, 15) is 9.59 Å². The van der Waals surface area contributed by atoms with Gasteiger partial charge in [-0.25, -0.2) is 0 Å². The molecule has 0 aliphatic rings. The number of rotatable bonds is 9. The number of hydrogen-bond donors (Lipinski definition) is 3. The van der Waals surface area contributed by atoms with E-state index in [1.54, 1.807) is 12.1 Å². The maximum atomic E-state index is 12.5. The monoisotopic (exact) mass is 374 g/mol. The van der Waals surface area contributed by atoms with Gasteiger partial charge in [-0.15, -0.1) is 0 Å².